The first-order valence-corrected chi connectivity index (χ1v) is 8.49. The van der Waals surface area contributed by atoms with E-state index >= 15 is 0 Å². The van der Waals surface area contributed by atoms with Crippen molar-refractivity contribution in [1.82, 2.24) is 5.43 Å². The monoisotopic (exact) mass is 360 g/mol. The SMILES string of the molecule is NNC(CSc1cccc(Cl)c1)Cc1cccc(Cl)c1Cl. The van der Waals surface area contributed by atoms with E-state index < -0.39 is 0 Å². The molecule has 2 aromatic carbocycles. The van der Waals surface area contributed by atoms with Gasteiger partial charge in [-0.3, -0.25) is 11.3 Å². The smallest absolute Gasteiger partial charge is 0.0624 e. The van der Waals surface area contributed by atoms with Gasteiger partial charge in [0.15, 0.2) is 0 Å². The first-order valence-electron chi connectivity index (χ1n) is 6.37. The highest BCUT2D eigenvalue weighted by atomic mass is 35.5. The topological polar surface area (TPSA) is 38.0 Å². The number of hydrogen-bond acceptors (Lipinski definition) is 3. The third kappa shape index (κ3) is 5.06. The van der Waals surface area contributed by atoms with Crippen LogP contribution in [-0.2, 0) is 6.42 Å². The van der Waals surface area contributed by atoms with Crippen LogP contribution in [0.4, 0.5) is 0 Å². The zero-order valence-electron chi connectivity index (χ0n) is 11.2. The van der Waals surface area contributed by atoms with Crippen LogP contribution in [-0.4, -0.2) is 11.8 Å². The van der Waals surface area contributed by atoms with Crippen molar-refractivity contribution < 1.29 is 0 Å². The second-order valence-electron chi connectivity index (χ2n) is 4.55. The maximum Gasteiger partial charge on any atom is 0.0624 e. The van der Waals surface area contributed by atoms with Gasteiger partial charge in [-0.25, -0.2) is 0 Å². The summed E-state index contributed by atoms with van der Waals surface area (Å²) in [7, 11) is 0. The van der Waals surface area contributed by atoms with E-state index in [2.05, 4.69) is 5.43 Å². The molecule has 0 saturated carbocycles. The van der Waals surface area contributed by atoms with Gasteiger partial charge in [-0.15, -0.1) is 11.8 Å². The highest BCUT2D eigenvalue weighted by molar-refractivity contribution is 7.99. The normalized spacial score (nSPS) is 12.4. The molecule has 3 N–H and O–H groups in total. The number of hydrazine groups is 1. The zero-order chi connectivity index (χ0) is 15.2. The summed E-state index contributed by atoms with van der Waals surface area (Å²) >= 11 is 19.9. The summed E-state index contributed by atoms with van der Waals surface area (Å²) in [5.74, 6) is 6.44. The van der Waals surface area contributed by atoms with Crippen LogP contribution in [0, 0.1) is 0 Å². The maximum absolute atomic E-state index is 6.21. The summed E-state index contributed by atoms with van der Waals surface area (Å²) in [5, 5.41) is 1.88. The standard InChI is InChI=1S/C15H15Cl3N2S/c16-11-4-2-5-13(8-11)21-9-12(20-19)7-10-3-1-6-14(17)15(10)18/h1-6,8,12,20H,7,9,19H2. The van der Waals surface area contributed by atoms with Gasteiger partial charge in [-0.1, -0.05) is 53.0 Å². The number of thioether (sulfide) groups is 1. The minimum atomic E-state index is 0.0879. The van der Waals surface area contributed by atoms with Crippen molar-refractivity contribution in [3.8, 4) is 0 Å². The van der Waals surface area contributed by atoms with Gasteiger partial charge in [-0.2, -0.15) is 0 Å². The summed E-state index contributed by atoms with van der Waals surface area (Å²) < 4.78 is 0. The highest BCUT2D eigenvalue weighted by Gasteiger charge is 2.12. The molecule has 0 fully saturated rings. The van der Waals surface area contributed by atoms with Gasteiger partial charge in [0, 0.05) is 21.7 Å². The Morgan fingerprint density at radius 2 is 1.86 bits per heavy atom. The number of benzene rings is 2. The fourth-order valence-corrected chi connectivity index (χ4v) is 3.54. The van der Waals surface area contributed by atoms with Crippen LogP contribution >= 0.6 is 46.6 Å². The summed E-state index contributed by atoms with van der Waals surface area (Å²) in [6, 6.07) is 13.5. The fourth-order valence-electron chi connectivity index (χ4n) is 1.89. The third-order valence-electron chi connectivity index (χ3n) is 2.98. The van der Waals surface area contributed by atoms with Gasteiger partial charge in [0.25, 0.3) is 0 Å². The van der Waals surface area contributed by atoms with Crippen molar-refractivity contribution in [1.29, 1.82) is 0 Å². The molecule has 0 spiro atoms. The van der Waals surface area contributed by atoms with Crippen LogP contribution in [0.1, 0.15) is 5.56 Å². The van der Waals surface area contributed by atoms with E-state index in [1.165, 1.54) is 0 Å². The summed E-state index contributed by atoms with van der Waals surface area (Å²) in [6.07, 6.45) is 0.712. The molecule has 0 aliphatic carbocycles. The maximum atomic E-state index is 6.21. The Hall–Kier alpha value is -0.420. The second-order valence-corrected chi connectivity index (χ2v) is 6.86. The molecule has 0 heterocycles. The molecule has 0 aliphatic heterocycles. The number of hydrogen-bond donors (Lipinski definition) is 2. The summed E-state index contributed by atoms with van der Waals surface area (Å²) in [4.78, 5) is 1.11. The molecule has 0 aromatic heterocycles. The number of nitrogens with one attached hydrogen (secondary N) is 1. The van der Waals surface area contributed by atoms with Crippen molar-refractivity contribution in [2.45, 2.75) is 17.4 Å². The van der Waals surface area contributed by atoms with Gasteiger partial charge in [0.1, 0.15) is 0 Å². The molecule has 0 radical (unpaired) electrons. The molecule has 6 heteroatoms. The lowest BCUT2D eigenvalue weighted by atomic mass is 10.1. The Bertz CT molecular complexity index is 607. The van der Waals surface area contributed by atoms with Crippen LogP contribution in [0.2, 0.25) is 15.1 Å². The quantitative estimate of drug-likeness (QED) is 0.440. The van der Waals surface area contributed by atoms with E-state index in [-0.39, 0.29) is 6.04 Å². The first kappa shape index (κ1) is 16.9. The second kappa shape index (κ2) is 8.28. The van der Waals surface area contributed by atoms with E-state index in [1.54, 1.807) is 17.8 Å². The Morgan fingerprint density at radius 3 is 2.57 bits per heavy atom. The lowest BCUT2D eigenvalue weighted by Gasteiger charge is -2.16. The average molecular weight is 362 g/mol. The lowest BCUT2D eigenvalue weighted by molar-refractivity contribution is 0.575. The molecule has 21 heavy (non-hydrogen) atoms. The largest absolute Gasteiger partial charge is 0.271 e. The third-order valence-corrected chi connectivity index (χ3v) is 5.23. The summed E-state index contributed by atoms with van der Waals surface area (Å²) in [5.41, 5.74) is 3.81. The molecule has 1 unspecified atom stereocenters. The first-order chi connectivity index (χ1) is 10.1. The minimum Gasteiger partial charge on any atom is -0.271 e. The predicted octanol–water partition coefficient (Wildman–Crippen LogP) is 4.81. The number of rotatable bonds is 6. The Morgan fingerprint density at radius 1 is 1.10 bits per heavy atom. The van der Waals surface area contributed by atoms with Crippen LogP contribution in [0.25, 0.3) is 0 Å². The molecule has 2 aromatic rings. The summed E-state index contributed by atoms with van der Waals surface area (Å²) in [6.45, 7) is 0. The van der Waals surface area contributed by atoms with Crippen LogP contribution in [0.3, 0.4) is 0 Å². The molecule has 1 atom stereocenters. The molecule has 0 saturated heterocycles. The van der Waals surface area contributed by atoms with Crippen molar-refractivity contribution in [2.75, 3.05) is 5.75 Å². The van der Waals surface area contributed by atoms with Gasteiger partial charge in [0.05, 0.1) is 10.0 Å². The fraction of sp³-hybridized carbons (Fsp3) is 0.200. The molecule has 0 bridgehead atoms. The molecule has 0 aliphatic rings. The molecule has 2 rings (SSSR count). The van der Waals surface area contributed by atoms with Crippen LogP contribution < -0.4 is 11.3 Å². The van der Waals surface area contributed by atoms with E-state index in [1.807, 2.05) is 36.4 Å². The molecular weight excluding hydrogens is 347 g/mol. The average Bonchev–Trinajstić information content (AvgIpc) is 2.48. The molecular formula is C15H15Cl3N2S. The Balaban J connectivity index is 1.99. The van der Waals surface area contributed by atoms with Crippen LogP contribution in [0.5, 0.6) is 0 Å². The molecule has 2 nitrogen and oxygen atoms in total. The zero-order valence-corrected chi connectivity index (χ0v) is 14.2. The van der Waals surface area contributed by atoms with Crippen molar-refractivity contribution in [2.24, 2.45) is 5.84 Å². The molecule has 0 amide bonds. The van der Waals surface area contributed by atoms with Gasteiger partial charge < -0.3 is 0 Å². The number of nitrogens with two attached hydrogens (primary N) is 1. The molecule has 112 valence electrons. The van der Waals surface area contributed by atoms with Gasteiger partial charge in [0.2, 0.25) is 0 Å². The Kier molecular flexibility index (Phi) is 6.68. The van der Waals surface area contributed by atoms with E-state index in [4.69, 9.17) is 40.6 Å². The van der Waals surface area contributed by atoms with Gasteiger partial charge in [-0.05, 0) is 36.2 Å². The van der Waals surface area contributed by atoms with Gasteiger partial charge >= 0.3 is 0 Å². The van der Waals surface area contributed by atoms with E-state index in [9.17, 15) is 0 Å². The van der Waals surface area contributed by atoms with Crippen molar-refractivity contribution in [3.63, 3.8) is 0 Å². The highest BCUT2D eigenvalue weighted by Crippen LogP contribution is 2.28. The van der Waals surface area contributed by atoms with E-state index in [0.29, 0.717) is 16.5 Å². The van der Waals surface area contributed by atoms with E-state index in [0.717, 1.165) is 21.2 Å². The van der Waals surface area contributed by atoms with Crippen LogP contribution in [0.15, 0.2) is 47.4 Å². The minimum absolute atomic E-state index is 0.0879. The predicted molar refractivity (Wildman–Crippen MR) is 93.5 cm³/mol. The lowest BCUT2D eigenvalue weighted by Crippen LogP contribution is -2.38. The van der Waals surface area contributed by atoms with Crippen molar-refractivity contribution in [3.05, 3.63) is 63.1 Å². The van der Waals surface area contributed by atoms with Crippen molar-refractivity contribution >= 4 is 46.6 Å². The number of halogens is 3. The Labute approximate surface area is 143 Å².